The molecule has 26 heavy (non-hydrogen) atoms. The molecule has 1 heterocycles. The fraction of sp³-hybridized carbons (Fsp3) is 0.947. The van der Waals surface area contributed by atoms with Crippen LogP contribution < -0.4 is 5.32 Å². The number of carbonyl (C=O) groups is 1. The van der Waals surface area contributed by atoms with Crippen LogP contribution in [0, 0.1) is 16.7 Å². The number of rotatable bonds is 5. The summed E-state index contributed by atoms with van der Waals surface area (Å²) in [5.74, 6) is 0.0792. The van der Waals surface area contributed by atoms with Crippen LogP contribution in [0.5, 0.6) is 0 Å². The second kappa shape index (κ2) is 6.54. The maximum Gasteiger partial charge on any atom is 0.316 e. The predicted molar refractivity (Wildman–Crippen MR) is 108 cm³/mol. The minimum Gasteiger partial charge on any atom is -0.468 e. The minimum atomic E-state index is -1.87. The van der Waals surface area contributed by atoms with Crippen LogP contribution in [0.25, 0.3) is 0 Å². The van der Waals surface area contributed by atoms with E-state index in [1.54, 1.807) is 7.11 Å². The third kappa shape index (κ3) is 2.68. The Labute approximate surface area is 167 Å². The van der Waals surface area contributed by atoms with Crippen LogP contribution in [0.15, 0.2) is 0 Å². The summed E-state index contributed by atoms with van der Waals surface area (Å²) in [5.41, 5.74) is -0.698. The molecule has 0 aromatic heterocycles. The molecular weight excluding hydrogens is 414 g/mol. The van der Waals surface area contributed by atoms with Crippen molar-refractivity contribution in [3.05, 3.63) is 0 Å². The fourth-order valence-corrected chi connectivity index (χ4v) is 7.43. The van der Waals surface area contributed by atoms with Crippen LogP contribution in [-0.2, 0) is 18.7 Å². The van der Waals surface area contributed by atoms with Gasteiger partial charge in [-0.15, -0.1) is 0 Å². The zero-order valence-electron chi connectivity index (χ0n) is 17.1. The van der Waals surface area contributed by atoms with E-state index in [0.29, 0.717) is 6.61 Å². The van der Waals surface area contributed by atoms with Crippen LogP contribution in [0.3, 0.4) is 0 Å². The highest BCUT2D eigenvalue weighted by atomic mass is 79.9. The zero-order valence-corrected chi connectivity index (χ0v) is 19.7. The Kier molecular flexibility index (Phi) is 5.23. The van der Waals surface area contributed by atoms with Crippen molar-refractivity contribution in [3.63, 3.8) is 0 Å². The van der Waals surface area contributed by atoms with E-state index in [9.17, 15) is 4.79 Å². The molecular formula is C19H34BrNO4Si. The Balaban J connectivity index is 1.96. The number of esters is 1. The molecule has 1 unspecified atom stereocenters. The average Bonchev–Trinajstić information content (AvgIpc) is 2.87. The number of nitrogens with one attached hydrogen (secondary N) is 1. The summed E-state index contributed by atoms with van der Waals surface area (Å²) in [6, 6.07) is 0.0494. The van der Waals surface area contributed by atoms with Gasteiger partial charge < -0.3 is 19.2 Å². The van der Waals surface area contributed by atoms with Gasteiger partial charge in [0.1, 0.15) is 5.41 Å². The summed E-state index contributed by atoms with van der Waals surface area (Å²) in [6.07, 6.45) is 1.67. The smallest absolute Gasteiger partial charge is 0.316 e. The van der Waals surface area contributed by atoms with Crippen molar-refractivity contribution in [2.75, 3.05) is 27.4 Å². The van der Waals surface area contributed by atoms with Crippen molar-refractivity contribution in [1.82, 2.24) is 5.32 Å². The van der Waals surface area contributed by atoms with Crippen LogP contribution in [-0.4, -0.2) is 58.6 Å². The number of alkyl halides is 1. The molecule has 3 fully saturated rings. The van der Waals surface area contributed by atoms with Gasteiger partial charge in [0.25, 0.3) is 0 Å². The second-order valence-corrected chi connectivity index (χ2v) is 15.9. The van der Waals surface area contributed by atoms with Gasteiger partial charge in [0.15, 0.2) is 8.32 Å². The topological polar surface area (TPSA) is 56.8 Å². The quantitative estimate of drug-likeness (QED) is 0.397. The normalized spacial score (nSPS) is 42.2. The zero-order chi connectivity index (χ0) is 19.5. The average molecular weight is 448 g/mol. The van der Waals surface area contributed by atoms with Crippen LogP contribution in [0.1, 0.15) is 33.6 Å². The molecule has 3 aliphatic rings. The highest BCUT2D eigenvalue weighted by molar-refractivity contribution is 9.09. The first-order valence-corrected chi connectivity index (χ1v) is 13.4. The Morgan fingerprint density at radius 3 is 2.50 bits per heavy atom. The van der Waals surface area contributed by atoms with Crippen LogP contribution in [0.4, 0.5) is 0 Å². The standard InChI is InChI=1S/C19H34BrNO4Si/c1-17(2,3)26(6,7)25-11-18-9-14(23-4)19(16(22)24-5)13(18)8-12(20)15(19)21-10-18/h12-15,21H,8-11H2,1-7H3/t12-,13+,14-,15?,18-,19-/m0/s1. The lowest BCUT2D eigenvalue weighted by Crippen LogP contribution is -2.62. The van der Waals surface area contributed by atoms with E-state index < -0.39 is 13.7 Å². The highest BCUT2D eigenvalue weighted by Gasteiger charge is 2.76. The van der Waals surface area contributed by atoms with E-state index in [0.717, 1.165) is 19.4 Å². The maximum absolute atomic E-state index is 13.0. The van der Waals surface area contributed by atoms with Crippen molar-refractivity contribution < 1.29 is 18.7 Å². The summed E-state index contributed by atoms with van der Waals surface area (Å²) in [4.78, 5) is 13.3. The maximum atomic E-state index is 13.0. The molecule has 2 saturated carbocycles. The van der Waals surface area contributed by atoms with Gasteiger partial charge in [-0.3, -0.25) is 4.79 Å². The number of hydrogen-bond donors (Lipinski definition) is 1. The van der Waals surface area contributed by atoms with E-state index in [2.05, 4.69) is 55.1 Å². The molecule has 3 rings (SSSR count). The molecule has 1 N–H and O–H groups in total. The number of halogens is 1. The summed E-state index contributed by atoms with van der Waals surface area (Å²) in [5, 5.41) is 3.83. The Morgan fingerprint density at radius 1 is 1.31 bits per heavy atom. The third-order valence-electron chi connectivity index (χ3n) is 7.80. The number of ether oxygens (including phenoxy) is 2. The lowest BCUT2D eigenvalue weighted by molar-refractivity contribution is -0.167. The van der Waals surface area contributed by atoms with Crippen molar-refractivity contribution in [2.45, 2.75) is 68.7 Å². The first-order valence-electron chi connectivity index (χ1n) is 9.59. The number of piperidine rings is 1. The summed E-state index contributed by atoms with van der Waals surface area (Å²) < 4.78 is 17.9. The van der Waals surface area contributed by atoms with Crippen molar-refractivity contribution in [2.24, 2.45) is 16.7 Å². The summed E-state index contributed by atoms with van der Waals surface area (Å²) in [7, 11) is 1.35. The van der Waals surface area contributed by atoms with E-state index in [1.165, 1.54) is 7.11 Å². The van der Waals surface area contributed by atoms with E-state index in [-0.39, 0.29) is 39.3 Å². The molecule has 7 heteroatoms. The molecule has 5 nitrogen and oxygen atoms in total. The van der Waals surface area contributed by atoms with Gasteiger partial charge in [-0.05, 0) is 36.9 Å². The molecule has 0 amide bonds. The van der Waals surface area contributed by atoms with Crippen molar-refractivity contribution in [3.8, 4) is 0 Å². The van der Waals surface area contributed by atoms with Gasteiger partial charge in [-0.2, -0.15) is 0 Å². The van der Waals surface area contributed by atoms with E-state index >= 15 is 0 Å². The number of methoxy groups -OCH3 is 2. The van der Waals surface area contributed by atoms with E-state index in [4.69, 9.17) is 13.9 Å². The van der Waals surface area contributed by atoms with Gasteiger partial charge in [0, 0.05) is 36.5 Å². The van der Waals surface area contributed by atoms with Gasteiger partial charge in [-0.1, -0.05) is 36.7 Å². The molecule has 0 radical (unpaired) electrons. The monoisotopic (exact) mass is 447 g/mol. The lowest BCUT2D eigenvalue weighted by Gasteiger charge is -2.47. The SMILES string of the molecule is COC(=O)[C@]12C3NC[C@](CO[Si](C)(C)C(C)(C)C)(C[C@@H]1OC)[C@H]2C[C@@H]3Br. The molecule has 1 saturated heterocycles. The summed E-state index contributed by atoms with van der Waals surface area (Å²) >= 11 is 3.83. The van der Waals surface area contributed by atoms with Gasteiger partial charge in [0.2, 0.25) is 0 Å². The van der Waals surface area contributed by atoms with Gasteiger partial charge >= 0.3 is 5.97 Å². The Morgan fingerprint density at radius 2 is 1.96 bits per heavy atom. The molecule has 0 aromatic rings. The van der Waals surface area contributed by atoms with E-state index in [1.807, 2.05) is 0 Å². The minimum absolute atomic E-state index is 0.0494. The van der Waals surface area contributed by atoms with Crippen LogP contribution >= 0.6 is 15.9 Å². The van der Waals surface area contributed by atoms with Crippen molar-refractivity contribution >= 4 is 30.2 Å². The lowest BCUT2D eigenvalue weighted by atomic mass is 9.66. The second-order valence-electron chi connectivity index (χ2n) is 9.93. The van der Waals surface area contributed by atoms with Crippen molar-refractivity contribution in [1.29, 1.82) is 0 Å². The first-order chi connectivity index (χ1) is 12.0. The molecule has 0 spiro atoms. The Bertz CT molecular complexity index is 580. The molecule has 6 atom stereocenters. The molecule has 2 aliphatic carbocycles. The Hall–Kier alpha value is 0.0469. The molecule has 4 bridgehead atoms. The number of carbonyl (C=O) groups excluding carboxylic acids is 1. The fourth-order valence-electron chi connectivity index (χ4n) is 5.35. The first kappa shape index (κ1) is 20.8. The van der Waals surface area contributed by atoms with Gasteiger partial charge in [-0.25, -0.2) is 0 Å². The third-order valence-corrected chi connectivity index (χ3v) is 13.2. The largest absolute Gasteiger partial charge is 0.468 e. The molecule has 0 aromatic carbocycles. The number of hydrogen-bond acceptors (Lipinski definition) is 5. The molecule has 150 valence electrons. The summed E-state index contributed by atoms with van der Waals surface area (Å²) in [6.45, 7) is 12.9. The van der Waals surface area contributed by atoms with Gasteiger partial charge in [0.05, 0.1) is 13.2 Å². The highest BCUT2D eigenvalue weighted by Crippen LogP contribution is 2.67. The van der Waals surface area contributed by atoms with Crippen LogP contribution in [0.2, 0.25) is 18.1 Å². The molecule has 1 aliphatic heterocycles. The predicted octanol–water partition coefficient (Wildman–Crippen LogP) is 3.33.